The Kier molecular flexibility index (Phi) is 3.51. The van der Waals surface area contributed by atoms with Gasteiger partial charge >= 0.3 is 0 Å². The van der Waals surface area contributed by atoms with Crippen molar-refractivity contribution in [3.05, 3.63) is 53.1 Å². The molecule has 0 radical (unpaired) electrons. The second-order valence-corrected chi connectivity index (χ2v) is 6.71. The van der Waals surface area contributed by atoms with Crippen LogP contribution >= 0.6 is 0 Å². The van der Waals surface area contributed by atoms with E-state index >= 15 is 0 Å². The molecule has 0 fully saturated rings. The molecule has 0 unspecified atom stereocenters. The predicted octanol–water partition coefficient (Wildman–Crippen LogP) is 3.95. The summed E-state index contributed by atoms with van der Waals surface area (Å²) in [6, 6.07) is 6.88. The summed E-state index contributed by atoms with van der Waals surface area (Å²) < 4.78 is 15.1. The van der Waals surface area contributed by atoms with E-state index in [1.165, 1.54) is 6.07 Å². The highest BCUT2D eigenvalue weighted by Gasteiger charge is 2.21. The average molecular weight is 311 g/mol. The third-order valence-electron chi connectivity index (χ3n) is 3.83. The number of nitrogens with zero attached hydrogens (tertiary/aromatic N) is 3. The van der Waals surface area contributed by atoms with Crippen molar-refractivity contribution in [1.82, 2.24) is 14.6 Å². The van der Waals surface area contributed by atoms with E-state index < -0.39 is 0 Å². The maximum atomic E-state index is 13.5. The monoisotopic (exact) mass is 311 g/mol. The van der Waals surface area contributed by atoms with Gasteiger partial charge in [-0.3, -0.25) is 4.79 Å². The summed E-state index contributed by atoms with van der Waals surface area (Å²) in [6.45, 7) is 7.97. The summed E-state index contributed by atoms with van der Waals surface area (Å²) in [6.07, 6.45) is 2.32. The van der Waals surface area contributed by atoms with Crippen molar-refractivity contribution in [2.24, 2.45) is 0 Å². The second-order valence-electron chi connectivity index (χ2n) is 6.71. The van der Waals surface area contributed by atoms with Gasteiger partial charge < -0.3 is 0 Å². The highest BCUT2D eigenvalue weighted by molar-refractivity contribution is 5.74. The second kappa shape index (κ2) is 5.26. The Morgan fingerprint density at radius 2 is 1.96 bits per heavy atom. The third-order valence-corrected chi connectivity index (χ3v) is 3.83. The number of aldehydes is 1. The van der Waals surface area contributed by atoms with Gasteiger partial charge in [-0.25, -0.2) is 13.9 Å². The zero-order valence-electron chi connectivity index (χ0n) is 13.6. The first-order valence-corrected chi connectivity index (χ1v) is 7.42. The van der Waals surface area contributed by atoms with Crippen LogP contribution in [0, 0.1) is 12.7 Å². The molecule has 0 saturated heterocycles. The summed E-state index contributed by atoms with van der Waals surface area (Å²) in [5.74, 6) is -0.239. The molecule has 4 nitrogen and oxygen atoms in total. The number of imidazole rings is 1. The zero-order valence-corrected chi connectivity index (χ0v) is 13.6. The van der Waals surface area contributed by atoms with E-state index in [0.717, 1.165) is 16.8 Å². The minimum atomic E-state index is -0.239. The normalized spacial score (nSPS) is 11.9. The number of aromatic nitrogens is 3. The number of fused-ring (bicyclic) bond motifs is 1. The summed E-state index contributed by atoms with van der Waals surface area (Å²) >= 11 is 0. The topological polar surface area (TPSA) is 47.3 Å². The smallest absolute Gasteiger partial charge is 0.170 e. The Morgan fingerprint density at radius 1 is 1.22 bits per heavy atom. The molecule has 3 aromatic rings. The van der Waals surface area contributed by atoms with Gasteiger partial charge in [0.25, 0.3) is 0 Å². The number of halogens is 1. The summed E-state index contributed by atoms with van der Waals surface area (Å²) in [7, 11) is 0. The summed E-state index contributed by atoms with van der Waals surface area (Å²) in [5, 5.41) is 4.53. The van der Waals surface area contributed by atoms with Crippen molar-refractivity contribution >= 4 is 11.9 Å². The van der Waals surface area contributed by atoms with E-state index in [-0.39, 0.29) is 11.2 Å². The van der Waals surface area contributed by atoms with Crippen molar-refractivity contribution < 1.29 is 9.18 Å². The molecular weight excluding hydrogens is 293 g/mol. The van der Waals surface area contributed by atoms with E-state index in [1.807, 2.05) is 6.07 Å². The molecule has 5 heteroatoms. The fourth-order valence-electron chi connectivity index (χ4n) is 2.55. The van der Waals surface area contributed by atoms with E-state index in [2.05, 4.69) is 30.9 Å². The lowest BCUT2D eigenvalue weighted by molar-refractivity contribution is 0.111. The number of carbonyl (C=O) groups excluding carboxylic acids is 1. The van der Waals surface area contributed by atoms with Crippen LogP contribution in [0.4, 0.5) is 4.39 Å². The highest BCUT2D eigenvalue weighted by Crippen LogP contribution is 2.30. The Bertz CT molecular complexity index is 907. The largest absolute Gasteiger partial charge is 0.296 e. The molecule has 0 aliphatic rings. The van der Waals surface area contributed by atoms with Crippen molar-refractivity contribution in [1.29, 1.82) is 0 Å². The molecule has 0 amide bonds. The fourth-order valence-corrected chi connectivity index (χ4v) is 2.55. The van der Waals surface area contributed by atoms with Crippen LogP contribution in [0.1, 0.15) is 42.4 Å². The maximum absolute atomic E-state index is 13.5. The predicted molar refractivity (Wildman–Crippen MR) is 87.2 cm³/mol. The van der Waals surface area contributed by atoms with Crippen LogP contribution in [0.25, 0.3) is 16.9 Å². The molecule has 0 aliphatic heterocycles. The molecule has 0 atom stereocenters. The number of rotatable bonds is 2. The van der Waals surface area contributed by atoms with Crippen LogP contribution in [0.15, 0.2) is 30.5 Å². The SMILES string of the molecule is Cc1cc(-c2cc(C(C)(C)C)c3nc(C=O)cn3n2)ccc1F. The van der Waals surface area contributed by atoms with Crippen molar-refractivity contribution in [3.63, 3.8) is 0 Å². The first-order chi connectivity index (χ1) is 10.8. The van der Waals surface area contributed by atoms with Gasteiger partial charge in [-0.1, -0.05) is 20.8 Å². The van der Waals surface area contributed by atoms with Crippen LogP contribution in [0.2, 0.25) is 0 Å². The molecule has 0 N–H and O–H groups in total. The van der Waals surface area contributed by atoms with Crippen LogP contribution in [-0.4, -0.2) is 20.9 Å². The van der Waals surface area contributed by atoms with Crippen LogP contribution in [-0.2, 0) is 5.41 Å². The van der Waals surface area contributed by atoms with Gasteiger partial charge in [0.2, 0.25) is 0 Å². The molecule has 3 rings (SSSR count). The number of carbonyl (C=O) groups is 1. The number of hydrogen-bond acceptors (Lipinski definition) is 3. The molecular formula is C18H18FN3O. The van der Waals surface area contributed by atoms with Crippen molar-refractivity contribution in [3.8, 4) is 11.3 Å². The Balaban J connectivity index is 2.29. The highest BCUT2D eigenvalue weighted by atomic mass is 19.1. The number of hydrogen-bond donors (Lipinski definition) is 0. The van der Waals surface area contributed by atoms with E-state index in [1.54, 1.807) is 29.8 Å². The van der Waals surface area contributed by atoms with Crippen LogP contribution in [0.5, 0.6) is 0 Å². The van der Waals surface area contributed by atoms with Crippen molar-refractivity contribution in [2.45, 2.75) is 33.1 Å². The summed E-state index contributed by atoms with van der Waals surface area (Å²) in [5.41, 5.74) is 3.95. The lowest BCUT2D eigenvalue weighted by atomic mass is 9.87. The van der Waals surface area contributed by atoms with Gasteiger partial charge in [-0.15, -0.1) is 0 Å². The maximum Gasteiger partial charge on any atom is 0.170 e. The molecule has 23 heavy (non-hydrogen) atoms. The first-order valence-electron chi connectivity index (χ1n) is 7.42. The Morgan fingerprint density at radius 3 is 2.57 bits per heavy atom. The minimum Gasteiger partial charge on any atom is -0.296 e. The van der Waals surface area contributed by atoms with E-state index in [4.69, 9.17) is 0 Å². The molecule has 0 bridgehead atoms. The van der Waals surface area contributed by atoms with E-state index in [0.29, 0.717) is 23.2 Å². The van der Waals surface area contributed by atoms with Gasteiger partial charge in [0.15, 0.2) is 11.9 Å². The van der Waals surface area contributed by atoms with Gasteiger partial charge in [-0.2, -0.15) is 5.10 Å². The molecule has 1 aromatic carbocycles. The number of aryl methyl sites for hydroxylation is 1. The lowest BCUT2D eigenvalue weighted by Gasteiger charge is -2.20. The quantitative estimate of drug-likeness (QED) is 0.673. The standard InChI is InChI=1S/C18H18FN3O/c1-11-7-12(5-6-15(11)19)16-8-14(18(2,3)4)17-20-13(10-23)9-22(17)21-16/h5-10H,1-4H3. The Labute approximate surface area is 134 Å². The minimum absolute atomic E-state index is 0.167. The van der Waals surface area contributed by atoms with Crippen LogP contribution in [0.3, 0.4) is 0 Å². The molecule has 2 heterocycles. The van der Waals surface area contributed by atoms with Crippen molar-refractivity contribution in [2.75, 3.05) is 0 Å². The molecule has 0 aliphatic carbocycles. The third kappa shape index (κ3) is 2.74. The molecule has 2 aromatic heterocycles. The van der Waals surface area contributed by atoms with Crippen LogP contribution < -0.4 is 0 Å². The van der Waals surface area contributed by atoms with Gasteiger partial charge in [0.05, 0.1) is 11.9 Å². The van der Waals surface area contributed by atoms with E-state index in [9.17, 15) is 9.18 Å². The van der Waals surface area contributed by atoms with Gasteiger partial charge in [0.1, 0.15) is 11.5 Å². The Hall–Kier alpha value is -2.56. The lowest BCUT2D eigenvalue weighted by Crippen LogP contribution is -2.14. The fraction of sp³-hybridized carbons (Fsp3) is 0.278. The summed E-state index contributed by atoms with van der Waals surface area (Å²) in [4.78, 5) is 15.4. The number of benzene rings is 1. The molecule has 118 valence electrons. The zero-order chi connectivity index (χ0) is 16.8. The van der Waals surface area contributed by atoms with Gasteiger partial charge in [-0.05, 0) is 42.2 Å². The average Bonchev–Trinajstić information content (AvgIpc) is 2.90. The van der Waals surface area contributed by atoms with Gasteiger partial charge in [0, 0.05) is 11.1 Å². The molecule has 0 saturated carbocycles. The first kappa shape index (κ1) is 15.3. The molecule has 0 spiro atoms.